The zero-order valence-electron chi connectivity index (χ0n) is 10.0. The molecule has 1 aromatic carbocycles. The average molecular weight is 300 g/mol. The molecule has 1 aliphatic heterocycles. The van der Waals surface area contributed by atoms with Gasteiger partial charge in [0.05, 0.1) is 11.6 Å². The van der Waals surface area contributed by atoms with Gasteiger partial charge in [-0.1, -0.05) is 12.5 Å². The highest BCUT2D eigenvalue weighted by molar-refractivity contribution is 9.10. The fraction of sp³-hybridized carbons (Fsp3) is 0.538. The first-order chi connectivity index (χ1) is 8.22. The Balaban J connectivity index is 2.15. The standard InChI is InChI=1S/C13H18BrNO2/c1-17-13-11(14)6-5-9(12(13)16)8-10-4-2-3-7-15-10/h5-6,10,15-16H,2-4,7-8H2,1H3. The molecule has 1 heterocycles. The molecule has 1 atom stereocenters. The molecular formula is C13H18BrNO2. The summed E-state index contributed by atoms with van der Waals surface area (Å²) in [4.78, 5) is 0. The molecule has 0 bridgehead atoms. The number of aromatic hydroxyl groups is 1. The summed E-state index contributed by atoms with van der Waals surface area (Å²) >= 11 is 3.37. The summed E-state index contributed by atoms with van der Waals surface area (Å²) in [6.45, 7) is 1.08. The number of methoxy groups -OCH3 is 1. The van der Waals surface area contributed by atoms with E-state index in [0.29, 0.717) is 11.8 Å². The maximum Gasteiger partial charge on any atom is 0.174 e. The summed E-state index contributed by atoms with van der Waals surface area (Å²) < 4.78 is 5.98. The van der Waals surface area contributed by atoms with E-state index in [4.69, 9.17) is 4.74 Å². The Morgan fingerprint density at radius 1 is 1.47 bits per heavy atom. The van der Waals surface area contributed by atoms with E-state index in [-0.39, 0.29) is 5.75 Å². The smallest absolute Gasteiger partial charge is 0.174 e. The first kappa shape index (κ1) is 12.7. The van der Waals surface area contributed by atoms with E-state index in [9.17, 15) is 5.11 Å². The molecule has 94 valence electrons. The highest BCUT2D eigenvalue weighted by Gasteiger charge is 2.17. The molecule has 17 heavy (non-hydrogen) atoms. The van der Waals surface area contributed by atoms with Crippen LogP contribution in [0.2, 0.25) is 0 Å². The second-order valence-electron chi connectivity index (χ2n) is 4.44. The van der Waals surface area contributed by atoms with Gasteiger partial charge in [0.15, 0.2) is 11.5 Å². The third-order valence-corrected chi connectivity index (χ3v) is 3.87. The third-order valence-electron chi connectivity index (χ3n) is 3.25. The summed E-state index contributed by atoms with van der Waals surface area (Å²) in [6, 6.07) is 4.36. The van der Waals surface area contributed by atoms with Crippen molar-refractivity contribution < 1.29 is 9.84 Å². The van der Waals surface area contributed by atoms with Gasteiger partial charge in [0.2, 0.25) is 0 Å². The molecule has 0 amide bonds. The van der Waals surface area contributed by atoms with Crippen LogP contribution in [0.1, 0.15) is 24.8 Å². The number of phenols is 1. The lowest BCUT2D eigenvalue weighted by Gasteiger charge is -2.24. The Bertz CT molecular complexity index is 389. The minimum Gasteiger partial charge on any atom is -0.504 e. The average Bonchev–Trinajstić information content (AvgIpc) is 2.35. The van der Waals surface area contributed by atoms with Crippen molar-refractivity contribution in [1.82, 2.24) is 5.32 Å². The molecule has 0 spiro atoms. The van der Waals surface area contributed by atoms with E-state index in [1.54, 1.807) is 7.11 Å². The molecule has 1 saturated heterocycles. The third kappa shape index (κ3) is 2.93. The predicted octanol–water partition coefficient (Wildman–Crippen LogP) is 2.85. The van der Waals surface area contributed by atoms with Crippen LogP contribution in [0.25, 0.3) is 0 Å². The fourth-order valence-corrected chi connectivity index (χ4v) is 2.79. The van der Waals surface area contributed by atoms with Crippen LogP contribution in [-0.4, -0.2) is 24.8 Å². The number of nitrogens with one attached hydrogen (secondary N) is 1. The van der Waals surface area contributed by atoms with Crippen molar-refractivity contribution in [2.45, 2.75) is 31.7 Å². The molecule has 2 rings (SSSR count). The fourth-order valence-electron chi connectivity index (χ4n) is 2.31. The quantitative estimate of drug-likeness (QED) is 0.902. The highest BCUT2D eigenvalue weighted by atomic mass is 79.9. The number of phenolic OH excluding ortho intramolecular Hbond substituents is 1. The lowest BCUT2D eigenvalue weighted by molar-refractivity contribution is 0.360. The zero-order valence-corrected chi connectivity index (χ0v) is 11.6. The first-order valence-corrected chi connectivity index (χ1v) is 6.79. The van der Waals surface area contributed by atoms with Gasteiger partial charge in [0.1, 0.15) is 0 Å². The Kier molecular flexibility index (Phi) is 4.29. The van der Waals surface area contributed by atoms with Gasteiger partial charge in [-0.05, 0) is 53.4 Å². The number of hydrogen-bond donors (Lipinski definition) is 2. The summed E-state index contributed by atoms with van der Waals surface area (Å²) in [5.41, 5.74) is 0.949. The van der Waals surface area contributed by atoms with Crippen LogP contribution in [0.15, 0.2) is 16.6 Å². The number of hydrogen-bond acceptors (Lipinski definition) is 3. The Labute approximate surface area is 110 Å². The maximum atomic E-state index is 10.1. The van der Waals surface area contributed by atoms with Crippen LogP contribution >= 0.6 is 15.9 Å². The van der Waals surface area contributed by atoms with Gasteiger partial charge in [-0.25, -0.2) is 0 Å². The lowest BCUT2D eigenvalue weighted by atomic mass is 9.97. The number of benzene rings is 1. The SMILES string of the molecule is COc1c(Br)ccc(CC2CCCCN2)c1O. The van der Waals surface area contributed by atoms with Gasteiger partial charge >= 0.3 is 0 Å². The van der Waals surface area contributed by atoms with Crippen LogP contribution in [0.5, 0.6) is 11.5 Å². The van der Waals surface area contributed by atoms with Crippen LogP contribution < -0.4 is 10.1 Å². The molecule has 1 unspecified atom stereocenters. The van der Waals surface area contributed by atoms with Crippen LogP contribution in [-0.2, 0) is 6.42 Å². The van der Waals surface area contributed by atoms with E-state index >= 15 is 0 Å². The number of ether oxygens (including phenoxy) is 1. The first-order valence-electron chi connectivity index (χ1n) is 6.00. The van der Waals surface area contributed by atoms with Gasteiger partial charge in [-0.15, -0.1) is 0 Å². The minimum atomic E-state index is 0.259. The maximum absolute atomic E-state index is 10.1. The van der Waals surface area contributed by atoms with Gasteiger partial charge in [-0.3, -0.25) is 0 Å². The predicted molar refractivity (Wildman–Crippen MR) is 71.7 cm³/mol. The number of rotatable bonds is 3. The molecule has 1 fully saturated rings. The molecule has 0 aromatic heterocycles. The van der Waals surface area contributed by atoms with E-state index < -0.39 is 0 Å². The van der Waals surface area contributed by atoms with Gasteiger partial charge < -0.3 is 15.2 Å². The molecule has 2 N–H and O–H groups in total. The summed E-state index contributed by atoms with van der Waals surface area (Å²) in [5, 5.41) is 13.6. The van der Waals surface area contributed by atoms with Crippen LogP contribution in [0, 0.1) is 0 Å². The Hall–Kier alpha value is -0.740. The van der Waals surface area contributed by atoms with Gasteiger partial charge in [0, 0.05) is 6.04 Å². The normalized spacial score (nSPS) is 20.2. The number of halogens is 1. The van der Waals surface area contributed by atoms with E-state index in [1.165, 1.54) is 19.3 Å². The molecule has 0 saturated carbocycles. The molecule has 0 aliphatic carbocycles. The monoisotopic (exact) mass is 299 g/mol. The number of piperidine rings is 1. The molecular weight excluding hydrogens is 282 g/mol. The largest absolute Gasteiger partial charge is 0.504 e. The van der Waals surface area contributed by atoms with Crippen molar-refractivity contribution in [3.8, 4) is 11.5 Å². The van der Waals surface area contributed by atoms with Gasteiger partial charge in [0.25, 0.3) is 0 Å². The van der Waals surface area contributed by atoms with Crippen molar-refractivity contribution in [2.75, 3.05) is 13.7 Å². The van der Waals surface area contributed by atoms with Crippen LogP contribution in [0.3, 0.4) is 0 Å². The van der Waals surface area contributed by atoms with E-state index in [1.807, 2.05) is 12.1 Å². The van der Waals surface area contributed by atoms with Crippen LogP contribution in [0.4, 0.5) is 0 Å². The molecule has 3 nitrogen and oxygen atoms in total. The second kappa shape index (κ2) is 5.74. The van der Waals surface area contributed by atoms with Crippen molar-refractivity contribution in [2.24, 2.45) is 0 Å². The van der Waals surface area contributed by atoms with E-state index in [2.05, 4.69) is 21.2 Å². The Morgan fingerprint density at radius 2 is 2.29 bits per heavy atom. The zero-order chi connectivity index (χ0) is 12.3. The van der Waals surface area contributed by atoms with Gasteiger partial charge in [-0.2, -0.15) is 0 Å². The van der Waals surface area contributed by atoms with E-state index in [0.717, 1.165) is 23.0 Å². The highest BCUT2D eigenvalue weighted by Crippen LogP contribution is 2.37. The molecule has 1 aliphatic rings. The molecule has 0 radical (unpaired) electrons. The topological polar surface area (TPSA) is 41.5 Å². The Morgan fingerprint density at radius 3 is 2.94 bits per heavy atom. The second-order valence-corrected chi connectivity index (χ2v) is 5.29. The summed E-state index contributed by atoms with van der Waals surface area (Å²) in [7, 11) is 1.57. The lowest BCUT2D eigenvalue weighted by Crippen LogP contribution is -2.35. The summed E-state index contributed by atoms with van der Waals surface area (Å²) in [5.74, 6) is 0.785. The minimum absolute atomic E-state index is 0.259. The van der Waals surface area contributed by atoms with Crippen molar-refractivity contribution in [3.05, 3.63) is 22.2 Å². The van der Waals surface area contributed by atoms with Crippen molar-refractivity contribution in [3.63, 3.8) is 0 Å². The summed E-state index contributed by atoms with van der Waals surface area (Å²) in [6.07, 6.45) is 4.56. The van der Waals surface area contributed by atoms with Crippen molar-refractivity contribution in [1.29, 1.82) is 0 Å². The molecule has 4 heteroatoms. The molecule has 1 aromatic rings. The van der Waals surface area contributed by atoms with Crippen molar-refractivity contribution >= 4 is 15.9 Å².